The van der Waals surface area contributed by atoms with Crippen LogP contribution in [0.5, 0.6) is 0 Å². The third-order valence-electron chi connectivity index (χ3n) is 5.42. The average molecular weight is 395 g/mol. The van der Waals surface area contributed by atoms with Crippen LogP contribution in [0, 0.1) is 24.2 Å². The lowest BCUT2D eigenvalue weighted by atomic mass is 9.76. The van der Waals surface area contributed by atoms with Crippen molar-refractivity contribution in [3.05, 3.63) is 52.5 Å². The van der Waals surface area contributed by atoms with Crippen LogP contribution in [-0.2, 0) is 20.8 Å². The molecule has 142 valence electrons. The highest BCUT2D eigenvalue weighted by Gasteiger charge is 2.68. The number of likely N-dealkylation sites (tertiary alicyclic amines) is 1. The third-order valence-corrected chi connectivity index (χ3v) is 6.28. The van der Waals surface area contributed by atoms with Crippen molar-refractivity contribution in [1.82, 2.24) is 15.2 Å². The van der Waals surface area contributed by atoms with E-state index in [2.05, 4.69) is 16.2 Å². The van der Waals surface area contributed by atoms with Gasteiger partial charge in [-0.25, -0.2) is 4.98 Å². The number of carbonyl (C=O) groups is 3. The average Bonchev–Trinajstić information content (AvgIpc) is 3.37. The Labute approximate surface area is 165 Å². The zero-order valence-electron chi connectivity index (χ0n) is 14.7. The molecule has 3 heterocycles. The van der Waals surface area contributed by atoms with Crippen LogP contribution in [0.2, 0.25) is 0 Å². The molecule has 0 saturated carbocycles. The number of nitrogens with zero attached hydrogens (tertiary/aromatic N) is 2. The predicted octanol–water partition coefficient (Wildman–Crippen LogP) is 1.09. The molecule has 1 aromatic carbocycles. The van der Waals surface area contributed by atoms with Gasteiger partial charge in [-0.3, -0.25) is 24.6 Å². The Balaban J connectivity index is 1.84. The zero-order valence-corrected chi connectivity index (χ0v) is 15.6. The van der Waals surface area contributed by atoms with Gasteiger partial charge in [-0.2, -0.15) is 0 Å². The van der Waals surface area contributed by atoms with Gasteiger partial charge in [-0.1, -0.05) is 36.3 Å². The van der Waals surface area contributed by atoms with Crippen molar-refractivity contribution in [3.63, 3.8) is 0 Å². The number of carboxylic acids is 1. The van der Waals surface area contributed by atoms with E-state index < -0.39 is 41.2 Å². The molecule has 4 rings (SSSR count). The van der Waals surface area contributed by atoms with Gasteiger partial charge in [0.2, 0.25) is 11.8 Å². The molecule has 2 saturated heterocycles. The molecule has 4 unspecified atom stereocenters. The molecule has 2 aliphatic heterocycles. The summed E-state index contributed by atoms with van der Waals surface area (Å²) in [6.07, 6.45) is 6.98. The summed E-state index contributed by atoms with van der Waals surface area (Å²) >= 11 is 1.32. The molecule has 2 aromatic rings. The number of rotatable bonds is 5. The van der Waals surface area contributed by atoms with Gasteiger partial charge in [0.15, 0.2) is 0 Å². The number of carboxylic acid groups (broad SMARTS) is 1. The van der Waals surface area contributed by atoms with Crippen molar-refractivity contribution in [2.75, 3.05) is 6.54 Å². The van der Waals surface area contributed by atoms with Crippen LogP contribution >= 0.6 is 11.3 Å². The smallest absolute Gasteiger partial charge is 0.325 e. The number of terminal acetylenes is 1. The summed E-state index contributed by atoms with van der Waals surface area (Å²) in [4.78, 5) is 43.9. The van der Waals surface area contributed by atoms with Crippen molar-refractivity contribution >= 4 is 29.1 Å². The highest BCUT2D eigenvalue weighted by molar-refractivity contribution is 7.09. The Bertz CT molecular complexity index is 969. The molecule has 7 nitrogen and oxygen atoms in total. The first-order chi connectivity index (χ1) is 13.5. The highest BCUT2D eigenvalue weighted by Crippen LogP contribution is 2.50. The number of aromatic nitrogens is 1. The lowest BCUT2D eigenvalue weighted by Crippen LogP contribution is -2.57. The Hall–Kier alpha value is -3.02. The summed E-state index contributed by atoms with van der Waals surface area (Å²) in [5, 5.41) is 15.6. The molecule has 1 aromatic heterocycles. The number of imide groups is 1. The van der Waals surface area contributed by atoms with Crippen LogP contribution in [0.4, 0.5) is 0 Å². The molecule has 0 bridgehead atoms. The maximum atomic E-state index is 13.1. The fourth-order valence-electron chi connectivity index (χ4n) is 4.26. The first-order valence-electron chi connectivity index (χ1n) is 8.72. The minimum Gasteiger partial charge on any atom is -0.480 e. The van der Waals surface area contributed by atoms with Gasteiger partial charge in [0.25, 0.3) is 0 Å². The number of aliphatic carboxylic acids is 1. The number of carbonyl (C=O) groups excluding carboxylic acids is 2. The number of amides is 2. The van der Waals surface area contributed by atoms with Crippen molar-refractivity contribution < 1.29 is 19.5 Å². The van der Waals surface area contributed by atoms with E-state index in [1.54, 1.807) is 23.7 Å². The first-order valence-corrected chi connectivity index (χ1v) is 9.60. The molecule has 4 atom stereocenters. The van der Waals surface area contributed by atoms with Crippen LogP contribution in [0.3, 0.4) is 0 Å². The predicted molar refractivity (Wildman–Crippen MR) is 101 cm³/mol. The minimum atomic E-state index is -1.63. The van der Waals surface area contributed by atoms with Crippen molar-refractivity contribution in [3.8, 4) is 12.3 Å². The Morgan fingerprint density at radius 3 is 2.68 bits per heavy atom. The van der Waals surface area contributed by atoms with Crippen LogP contribution < -0.4 is 5.32 Å². The monoisotopic (exact) mass is 395 g/mol. The Morgan fingerprint density at radius 1 is 1.32 bits per heavy atom. The van der Waals surface area contributed by atoms with Crippen molar-refractivity contribution in [2.45, 2.75) is 18.0 Å². The molecule has 0 spiro atoms. The maximum absolute atomic E-state index is 13.1. The quantitative estimate of drug-likeness (QED) is 0.581. The lowest BCUT2D eigenvalue weighted by Gasteiger charge is -2.30. The maximum Gasteiger partial charge on any atom is 0.325 e. The molecule has 8 heteroatoms. The normalized spacial score (nSPS) is 29.0. The number of fused-ring (bicyclic) bond motifs is 1. The van der Waals surface area contributed by atoms with Crippen molar-refractivity contribution in [2.24, 2.45) is 11.8 Å². The van der Waals surface area contributed by atoms with E-state index in [4.69, 9.17) is 6.42 Å². The van der Waals surface area contributed by atoms with Crippen molar-refractivity contribution in [1.29, 1.82) is 0 Å². The van der Waals surface area contributed by atoms with Crippen LogP contribution in [0.15, 0.2) is 41.9 Å². The number of hydrogen-bond acceptors (Lipinski definition) is 6. The van der Waals surface area contributed by atoms with Crippen LogP contribution in [0.25, 0.3) is 0 Å². The largest absolute Gasteiger partial charge is 0.480 e. The fraction of sp³-hybridized carbons (Fsp3) is 0.300. The first kappa shape index (κ1) is 18.3. The summed E-state index contributed by atoms with van der Waals surface area (Å²) in [5.74, 6) is -1.75. The number of thiazole rings is 1. The molecule has 2 aliphatic rings. The molecule has 2 N–H and O–H groups in total. The Morgan fingerprint density at radius 2 is 2.07 bits per heavy atom. The minimum absolute atomic E-state index is 0.0646. The van der Waals surface area contributed by atoms with E-state index in [0.29, 0.717) is 5.01 Å². The van der Waals surface area contributed by atoms with Gasteiger partial charge < -0.3 is 5.11 Å². The second-order valence-corrected chi connectivity index (χ2v) is 7.83. The fourth-order valence-corrected chi connectivity index (χ4v) is 5.00. The molecular weight excluding hydrogens is 378 g/mol. The van der Waals surface area contributed by atoms with Gasteiger partial charge >= 0.3 is 5.97 Å². The highest BCUT2D eigenvalue weighted by atomic mass is 32.1. The van der Waals surface area contributed by atoms with E-state index in [-0.39, 0.29) is 13.0 Å². The summed E-state index contributed by atoms with van der Waals surface area (Å²) in [6.45, 7) is -0.170. The molecule has 0 radical (unpaired) electrons. The molecule has 0 aliphatic carbocycles. The molecule has 2 fully saturated rings. The molecule has 2 amide bonds. The second kappa shape index (κ2) is 6.86. The van der Waals surface area contributed by atoms with Gasteiger partial charge in [0, 0.05) is 18.0 Å². The topological polar surface area (TPSA) is 99.6 Å². The zero-order chi connectivity index (χ0) is 19.9. The second-order valence-electron chi connectivity index (χ2n) is 6.90. The van der Waals surface area contributed by atoms with E-state index >= 15 is 0 Å². The van der Waals surface area contributed by atoms with E-state index in [0.717, 1.165) is 10.5 Å². The molecular formula is C20H17N3O4S. The van der Waals surface area contributed by atoms with Crippen LogP contribution in [0.1, 0.15) is 16.6 Å². The molecule has 28 heavy (non-hydrogen) atoms. The number of nitrogens with one attached hydrogen (secondary N) is 1. The van der Waals surface area contributed by atoms with Gasteiger partial charge in [-0.15, -0.1) is 17.8 Å². The SMILES string of the molecule is C#CCN1C(=O)C2C(c3nccs3)NC(Cc3ccccc3)(C(=O)O)C2C1=O. The summed E-state index contributed by atoms with van der Waals surface area (Å²) in [7, 11) is 0. The van der Waals surface area contributed by atoms with Gasteiger partial charge in [0.05, 0.1) is 24.4 Å². The van der Waals surface area contributed by atoms with Gasteiger partial charge in [0.1, 0.15) is 10.5 Å². The van der Waals surface area contributed by atoms with Gasteiger partial charge in [-0.05, 0) is 5.56 Å². The summed E-state index contributed by atoms with van der Waals surface area (Å²) in [6, 6.07) is 8.39. The van der Waals surface area contributed by atoms with E-state index in [1.165, 1.54) is 11.3 Å². The Kier molecular flexibility index (Phi) is 4.49. The van der Waals surface area contributed by atoms with Crippen LogP contribution in [-0.4, -0.2) is 44.9 Å². The summed E-state index contributed by atoms with van der Waals surface area (Å²) < 4.78 is 0. The number of benzene rings is 1. The standard InChI is InChI=1S/C20H17N3O4S/c1-2-9-23-17(24)13-14(18(23)25)20(19(26)27,11-12-6-4-3-5-7-12)22-15(13)16-21-8-10-28-16/h1,3-8,10,13-15,22H,9,11H2,(H,26,27). The lowest BCUT2D eigenvalue weighted by molar-refractivity contribution is -0.151. The third kappa shape index (κ3) is 2.63. The summed E-state index contributed by atoms with van der Waals surface area (Å²) in [5.41, 5.74) is -0.870. The van der Waals surface area contributed by atoms with E-state index in [1.807, 2.05) is 18.2 Å². The number of hydrogen-bond donors (Lipinski definition) is 2. The van der Waals surface area contributed by atoms with E-state index in [9.17, 15) is 19.5 Å².